The van der Waals surface area contributed by atoms with Gasteiger partial charge in [0, 0.05) is 31.8 Å². The summed E-state index contributed by atoms with van der Waals surface area (Å²) in [5.74, 6) is -0.190. The van der Waals surface area contributed by atoms with Crippen LogP contribution in [0.5, 0.6) is 0 Å². The van der Waals surface area contributed by atoms with Crippen LogP contribution in [-0.4, -0.2) is 28.3 Å². The van der Waals surface area contributed by atoms with Gasteiger partial charge in [-0.05, 0) is 54.8 Å². The van der Waals surface area contributed by atoms with Gasteiger partial charge in [-0.1, -0.05) is 48.5 Å². The van der Waals surface area contributed by atoms with Gasteiger partial charge in [-0.25, -0.2) is 8.42 Å². The van der Waals surface area contributed by atoms with Crippen LogP contribution in [0.1, 0.15) is 38.7 Å². The fraction of sp³-hybridized carbons (Fsp3) is 0.240. The van der Waals surface area contributed by atoms with E-state index in [0.717, 1.165) is 16.8 Å². The number of sulfone groups is 1. The average molecular weight is 422 g/mol. The first kappa shape index (κ1) is 21.8. The Labute approximate surface area is 179 Å². The van der Waals surface area contributed by atoms with Crippen molar-refractivity contribution in [2.45, 2.75) is 30.4 Å². The van der Waals surface area contributed by atoms with Gasteiger partial charge < -0.3 is 4.90 Å². The molecule has 1 unspecified atom stereocenters. The van der Waals surface area contributed by atoms with Crippen molar-refractivity contribution in [3.63, 3.8) is 0 Å². The lowest BCUT2D eigenvalue weighted by Gasteiger charge is -2.20. The minimum Gasteiger partial charge on any atom is -0.378 e. The maximum Gasteiger partial charge on any atom is 0.185 e. The zero-order valence-corrected chi connectivity index (χ0v) is 18.6. The summed E-state index contributed by atoms with van der Waals surface area (Å²) in [7, 11) is 0.0917. The highest BCUT2D eigenvalue weighted by atomic mass is 32.2. The number of hydrogen-bond acceptors (Lipinski definition) is 4. The molecule has 3 aromatic carbocycles. The summed E-state index contributed by atoms with van der Waals surface area (Å²) in [5.41, 5.74) is 4.04. The van der Waals surface area contributed by atoms with E-state index in [2.05, 4.69) is 0 Å². The molecule has 0 bridgehead atoms. The molecular formula is C25H27NO3S. The van der Waals surface area contributed by atoms with Crippen LogP contribution in [0.25, 0.3) is 0 Å². The standard InChI is InChI=1S/C25H27NO3S/c1-18-10-15-23(16-19(18)2)30(28,29)25(17-24(27)20-8-6-5-7-9-20)21-11-13-22(14-12-21)26(3)4/h5-16,25H,17H2,1-4H3. The molecule has 0 aliphatic carbocycles. The van der Waals surface area contributed by atoms with Crippen molar-refractivity contribution in [1.29, 1.82) is 0 Å². The molecule has 4 nitrogen and oxygen atoms in total. The minimum absolute atomic E-state index is 0.111. The van der Waals surface area contributed by atoms with Crippen LogP contribution in [0.15, 0.2) is 77.7 Å². The topological polar surface area (TPSA) is 54.5 Å². The predicted molar refractivity (Wildman–Crippen MR) is 122 cm³/mol. The fourth-order valence-corrected chi connectivity index (χ4v) is 5.17. The highest BCUT2D eigenvalue weighted by Crippen LogP contribution is 2.34. The van der Waals surface area contributed by atoms with E-state index < -0.39 is 15.1 Å². The number of ketones is 1. The van der Waals surface area contributed by atoms with Gasteiger partial charge in [-0.3, -0.25) is 4.79 Å². The van der Waals surface area contributed by atoms with Crippen LogP contribution >= 0.6 is 0 Å². The molecule has 3 rings (SSSR count). The van der Waals surface area contributed by atoms with Gasteiger partial charge in [0.15, 0.2) is 15.6 Å². The molecule has 30 heavy (non-hydrogen) atoms. The maximum atomic E-state index is 13.6. The summed E-state index contributed by atoms with van der Waals surface area (Å²) in [5, 5.41) is -0.955. The number of carbonyl (C=O) groups excluding carboxylic acids is 1. The molecule has 0 saturated carbocycles. The van der Waals surface area contributed by atoms with E-state index in [4.69, 9.17) is 0 Å². The van der Waals surface area contributed by atoms with E-state index in [1.54, 1.807) is 48.5 Å². The highest BCUT2D eigenvalue weighted by Gasteiger charge is 2.32. The minimum atomic E-state index is -3.76. The molecule has 0 aliphatic rings. The molecule has 0 fully saturated rings. The SMILES string of the molecule is Cc1ccc(S(=O)(=O)C(CC(=O)c2ccccc2)c2ccc(N(C)C)cc2)cc1C. The van der Waals surface area contributed by atoms with Crippen LogP contribution in [0.3, 0.4) is 0 Å². The number of Topliss-reactive ketones (excluding diaryl/α,β-unsaturated/α-hetero) is 1. The second kappa shape index (κ2) is 8.84. The van der Waals surface area contributed by atoms with Crippen molar-refractivity contribution < 1.29 is 13.2 Å². The molecule has 0 aromatic heterocycles. The Hall–Kier alpha value is -2.92. The third kappa shape index (κ3) is 4.62. The van der Waals surface area contributed by atoms with Crippen LogP contribution in [0.2, 0.25) is 0 Å². The van der Waals surface area contributed by atoms with Crippen molar-refractivity contribution in [2.75, 3.05) is 19.0 Å². The molecule has 3 aromatic rings. The predicted octanol–water partition coefficient (Wildman–Crippen LogP) is 5.16. The third-order valence-electron chi connectivity index (χ3n) is 5.43. The van der Waals surface area contributed by atoms with E-state index in [9.17, 15) is 13.2 Å². The Morgan fingerprint density at radius 1 is 0.867 bits per heavy atom. The molecule has 0 amide bonds. The summed E-state index contributed by atoms with van der Waals surface area (Å²) in [6.45, 7) is 3.84. The van der Waals surface area contributed by atoms with Crippen LogP contribution in [-0.2, 0) is 9.84 Å². The van der Waals surface area contributed by atoms with Crippen LogP contribution in [0, 0.1) is 13.8 Å². The van der Waals surface area contributed by atoms with Crippen LogP contribution in [0.4, 0.5) is 5.69 Å². The molecule has 0 heterocycles. The van der Waals surface area contributed by atoms with E-state index >= 15 is 0 Å². The zero-order valence-electron chi connectivity index (χ0n) is 17.8. The first-order chi connectivity index (χ1) is 14.2. The Morgan fingerprint density at radius 2 is 1.50 bits per heavy atom. The average Bonchev–Trinajstić information content (AvgIpc) is 2.74. The lowest BCUT2D eigenvalue weighted by molar-refractivity contribution is 0.0980. The van der Waals surface area contributed by atoms with E-state index in [1.165, 1.54) is 0 Å². The lowest BCUT2D eigenvalue weighted by atomic mass is 10.0. The smallest absolute Gasteiger partial charge is 0.185 e. The summed E-state index contributed by atoms with van der Waals surface area (Å²) in [6, 6.07) is 21.3. The second-order valence-corrected chi connectivity index (χ2v) is 9.89. The largest absolute Gasteiger partial charge is 0.378 e. The summed E-state index contributed by atoms with van der Waals surface area (Å²) < 4.78 is 27.2. The third-order valence-corrected chi connectivity index (χ3v) is 7.53. The molecule has 0 N–H and O–H groups in total. The van der Waals surface area contributed by atoms with Gasteiger partial charge in [-0.2, -0.15) is 0 Å². The fourth-order valence-electron chi connectivity index (χ4n) is 3.36. The summed E-state index contributed by atoms with van der Waals surface area (Å²) in [4.78, 5) is 15.1. The van der Waals surface area contributed by atoms with E-state index in [-0.39, 0.29) is 17.1 Å². The normalized spacial score (nSPS) is 12.4. The maximum absolute atomic E-state index is 13.6. The van der Waals surface area contributed by atoms with Crippen molar-refractivity contribution in [1.82, 2.24) is 0 Å². The van der Waals surface area contributed by atoms with Crippen molar-refractivity contribution in [3.8, 4) is 0 Å². The number of rotatable bonds is 7. The summed E-state index contributed by atoms with van der Waals surface area (Å²) >= 11 is 0. The molecule has 0 spiro atoms. The first-order valence-electron chi connectivity index (χ1n) is 9.87. The van der Waals surface area contributed by atoms with E-state index in [0.29, 0.717) is 11.1 Å². The Balaban J connectivity index is 2.06. The Morgan fingerprint density at radius 3 is 2.07 bits per heavy atom. The monoisotopic (exact) mass is 421 g/mol. The molecule has 1 atom stereocenters. The number of benzene rings is 3. The zero-order chi connectivity index (χ0) is 21.9. The van der Waals surface area contributed by atoms with Crippen molar-refractivity contribution in [2.24, 2.45) is 0 Å². The number of anilines is 1. The van der Waals surface area contributed by atoms with Gasteiger partial charge in [0.05, 0.1) is 10.1 Å². The number of carbonyl (C=O) groups is 1. The molecule has 0 aliphatic heterocycles. The number of hydrogen-bond donors (Lipinski definition) is 0. The lowest BCUT2D eigenvalue weighted by Crippen LogP contribution is -2.18. The van der Waals surface area contributed by atoms with E-state index in [1.807, 2.05) is 57.1 Å². The molecular weight excluding hydrogens is 394 g/mol. The Kier molecular flexibility index (Phi) is 6.42. The van der Waals surface area contributed by atoms with Crippen molar-refractivity contribution in [3.05, 3.63) is 95.1 Å². The molecule has 0 radical (unpaired) electrons. The molecule has 156 valence electrons. The first-order valence-corrected chi connectivity index (χ1v) is 11.4. The van der Waals surface area contributed by atoms with Crippen LogP contribution < -0.4 is 4.90 Å². The molecule has 5 heteroatoms. The second-order valence-electron chi connectivity index (χ2n) is 7.76. The quantitative estimate of drug-likeness (QED) is 0.495. The number of nitrogens with zero attached hydrogens (tertiary/aromatic N) is 1. The van der Waals surface area contributed by atoms with Crippen molar-refractivity contribution >= 4 is 21.3 Å². The van der Waals surface area contributed by atoms with Gasteiger partial charge in [0.1, 0.15) is 0 Å². The van der Waals surface area contributed by atoms with Gasteiger partial charge in [-0.15, -0.1) is 0 Å². The highest BCUT2D eigenvalue weighted by molar-refractivity contribution is 7.91. The van der Waals surface area contributed by atoms with Gasteiger partial charge >= 0.3 is 0 Å². The van der Waals surface area contributed by atoms with Gasteiger partial charge in [0.2, 0.25) is 0 Å². The molecule has 0 saturated heterocycles. The summed E-state index contributed by atoms with van der Waals surface area (Å²) in [6.07, 6.45) is -0.111. The van der Waals surface area contributed by atoms with Gasteiger partial charge in [0.25, 0.3) is 0 Å². The number of aryl methyl sites for hydroxylation is 2. The Bertz CT molecular complexity index is 1130.